The van der Waals surface area contributed by atoms with Crippen molar-refractivity contribution in [1.29, 1.82) is 0 Å². The van der Waals surface area contributed by atoms with E-state index in [9.17, 15) is 14.4 Å². The number of carboxylic acids is 1. The van der Waals surface area contributed by atoms with Crippen LogP contribution < -0.4 is 5.32 Å². The van der Waals surface area contributed by atoms with Crippen LogP contribution in [-0.2, 0) is 19.2 Å². The average Bonchev–Trinajstić information content (AvgIpc) is 3.43. The summed E-state index contributed by atoms with van der Waals surface area (Å²) in [5.41, 5.74) is 3.68. The molecule has 2 saturated carbocycles. The van der Waals surface area contributed by atoms with Crippen LogP contribution in [0.15, 0.2) is 48.5 Å². The second kappa shape index (κ2) is 8.43. The van der Waals surface area contributed by atoms with E-state index in [-0.39, 0.29) is 30.4 Å². The molecule has 0 saturated heterocycles. The lowest BCUT2D eigenvalue weighted by atomic mass is 9.74. The number of aliphatic carboxylic acids is 1. The number of hydrogen-bond donors (Lipinski definition) is 2. The van der Waals surface area contributed by atoms with Crippen LogP contribution in [0.1, 0.15) is 42.7 Å². The average molecular weight is 465 g/mol. The number of benzene rings is 2. The molecule has 2 N–H and O–H groups in total. The molecule has 3 aliphatic carbocycles. The summed E-state index contributed by atoms with van der Waals surface area (Å²) in [6.07, 6.45) is 2.96. The van der Waals surface area contributed by atoms with Gasteiger partial charge in [-0.1, -0.05) is 55.0 Å². The van der Waals surface area contributed by atoms with Gasteiger partial charge in [-0.3, -0.25) is 9.63 Å². The van der Waals surface area contributed by atoms with Crippen LogP contribution in [0.3, 0.4) is 0 Å². The molecule has 8 nitrogen and oxygen atoms in total. The molecule has 1 unspecified atom stereocenters. The predicted octanol–water partition coefficient (Wildman–Crippen LogP) is 3.56. The second-order valence-corrected chi connectivity index (χ2v) is 9.54. The lowest BCUT2D eigenvalue weighted by Crippen LogP contribution is -2.46. The molecule has 2 amide bonds. The maximum absolute atomic E-state index is 13.1. The quantitative estimate of drug-likeness (QED) is 0.579. The Balaban J connectivity index is 1.22. The molecule has 0 bridgehead atoms. The summed E-state index contributed by atoms with van der Waals surface area (Å²) in [4.78, 5) is 41.7. The lowest BCUT2D eigenvalue weighted by molar-refractivity contribution is -0.192. The van der Waals surface area contributed by atoms with Gasteiger partial charge in [0.1, 0.15) is 6.61 Å². The van der Waals surface area contributed by atoms with E-state index in [1.54, 1.807) is 0 Å². The van der Waals surface area contributed by atoms with Crippen LogP contribution in [0, 0.1) is 10.8 Å². The fourth-order valence-corrected chi connectivity index (χ4v) is 5.80. The van der Waals surface area contributed by atoms with E-state index < -0.39 is 24.1 Å². The van der Waals surface area contributed by atoms with Crippen molar-refractivity contribution in [3.63, 3.8) is 0 Å². The molecule has 2 aromatic rings. The van der Waals surface area contributed by atoms with E-state index in [2.05, 4.69) is 29.6 Å². The van der Waals surface area contributed by atoms with Gasteiger partial charge in [0.2, 0.25) is 0 Å². The highest BCUT2D eigenvalue weighted by Crippen LogP contribution is 2.74. The van der Waals surface area contributed by atoms with Gasteiger partial charge in [-0.05, 0) is 46.9 Å². The van der Waals surface area contributed by atoms with Gasteiger partial charge >= 0.3 is 12.1 Å². The SMILES string of the molecule is CN(OCC(=O)O)C(=O)C1(CNC(=O)OCC2c3ccccc3-c3ccccc32)CC12CCC2. The fourth-order valence-electron chi connectivity index (χ4n) is 5.80. The summed E-state index contributed by atoms with van der Waals surface area (Å²) in [5.74, 6) is -1.49. The van der Waals surface area contributed by atoms with Crippen LogP contribution in [0.5, 0.6) is 0 Å². The van der Waals surface area contributed by atoms with Gasteiger partial charge < -0.3 is 15.2 Å². The highest BCUT2D eigenvalue weighted by molar-refractivity contribution is 5.87. The lowest BCUT2D eigenvalue weighted by Gasteiger charge is -2.34. The molecule has 1 spiro atoms. The van der Waals surface area contributed by atoms with E-state index in [1.807, 2.05) is 24.3 Å². The minimum absolute atomic E-state index is 0.0387. The maximum Gasteiger partial charge on any atom is 0.407 e. The number of carboxylic acid groups (broad SMARTS) is 1. The van der Waals surface area contributed by atoms with E-state index in [0.717, 1.165) is 46.6 Å². The minimum Gasteiger partial charge on any atom is -0.479 e. The van der Waals surface area contributed by atoms with Crippen LogP contribution in [0.4, 0.5) is 4.79 Å². The van der Waals surface area contributed by atoms with Crippen molar-refractivity contribution >= 4 is 18.0 Å². The Bertz CT molecular complexity index is 1100. The number of fused-ring (bicyclic) bond motifs is 3. The number of rotatable bonds is 8. The smallest absolute Gasteiger partial charge is 0.407 e. The van der Waals surface area contributed by atoms with Gasteiger partial charge in [0.15, 0.2) is 6.61 Å². The van der Waals surface area contributed by atoms with Crippen LogP contribution >= 0.6 is 0 Å². The number of nitrogens with one attached hydrogen (secondary N) is 1. The summed E-state index contributed by atoms with van der Waals surface area (Å²) in [7, 11) is 1.42. The third kappa shape index (κ3) is 3.62. The fraction of sp³-hybridized carbons (Fsp3) is 0.423. The summed E-state index contributed by atoms with van der Waals surface area (Å²) >= 11 is 0. The van der Waals surface area contributed by atoms with Crippen LogP contribution in [0.25, 0.3) is 11.1 Å². The summed E-state index contributed by atoms with van der Waals surface area (Å²) in [5, 5.41) is 12.6. The number of hydroxylamine groups is 2. The van der Waals surface area contributed by atoms with E-state index in [0.29, 0.717) is 6.42 Å². The first-order valence-corrected chi connectivity index (χ1v) is 11.6. The number of carbonyl (C=O) groups excluding carboxylic acids is 2. The summed E-state index contributed by atoms with van der Waals surface area (Å²) in [6.45, 7) is -0.248. The van der Waals surface area contributed by atoms with Crippen LogP contribution in [0.2, 0.25) is 0 Å². The third-order valence-electron chi connectivity index (χ3n) is 7.80. The standard InChI is InChI=1S/C26H28N2O6/c1-28(34-14-22(29)30)23(31)26(15-25(26)11-6-12-25)16-27-24(32)33-13-21-19-9-4-2-7-17(19)18-8-3-5-10-20(18)21/h2-5,7-10,21H,6,11-16H2,1H3,(H,27,32)(H,29,30). The second-order valence-electron chi connectivity index (χ2n) is 9.54. The largest absolute Gasteiger partial charge is 0.479 e. The normalized spacial score (nSPS) is 21.2. The molecule has 2 aromatic carbocycles. The molecule has 0 radical (unpaired) electrons. The molecule has 8 heteroatoms. The molecule has 5 rings (SSSR count). The molecular weight excluding hydrogens is 436 g/mol. The number of carbonyl (C=O) groups is 3. The van der Waals surface area contributed by atoms with Gasteiger partial charge in [-0.15, -0.1) is 0 Å². The zero-order chi connectivity index (χ0) is 23.9. The molecule has 1 atom stereocenters. The van der Waals surface area contributed by atoms with Gasteiger partial charge in [0.05, 0.1) is 5.41 Å². The Morgan fingerprint density at radius 3 is 2.21 bits per heavy atom. The van der Waals surface area contributed by atoms with Crippen molar-refractivity contribution < 1.29 is 29.1 Å². The number of hydrogen-bond acceptors (Lipinski definition) is 5. The van der Waals surface area contributed by atoms with Crippen LogP contribution in [-0.4, -0.2) is 54.9 Å². The van der Waals surface area contributed by atoms with Crippen molar-refractivity contribution in [3.8, 4) is 11.1 Å². The Kier molecular flexibility index (Phi) is 5.56. The first-order valence-electron chi connectivity index (χ1n) is 11.6. The van der Waals surface area contributed by atoms with Gasteiger partial charge in [0.25, 0.3) is 5.91 Å². The molecule has 0 aromatic heterocycles. The minimum atomic E-state index is -1.15. The van der Waals surface area contributed by atoms with Gasteiger partial charge in [-0.2, -0.15) is 0 Å². The van der Waals surface area contributed by atoms with Gasteiger partial charge in [0, 0.05) is 19.5 Å². The Morgan fingerprint density at radius 2 is 1.68 bits per heavy atom. The molecule has 0 aliphatic heterocycles. The molecule has 178 valence electrons. The third-order valence-corrected chi connectivity index (χ3v) is 7.80. The highest BCUT2D eigenvalue weighted by atomic mass is 16.7. The molecule has 34 heavy (non-hydrogen) atoms. The molecule has 0 heterocycles. The number of nitrogens with zero attached hydrogens (tertiary/aromatic N) is 1. The van der Waals surface area contributed by atoms with Gasteiger partial charge in [-0.25, -0.2) is 14.7 Å². The van der Waals surface area contributed by atoms with Crippen molar-refractivity contribution in [2.24, 2.45) is 10.8 Å². The molecule has 2 fully saturated rings. The molecule has 3 aliphatic rings. The highest BCUT2D eigenvalue weighted by Gasteiger charge is 2.74. The first kappa shape index (κ1) is 22.4. The maximum atomic E-state index is 13.1. The van der Waals surface area contributed by atoms with Crippen molar-refractivity contribution in [2.75, 3.05) is 26.8 Å². The first-order chi connectivity index (χ1) is 16.4. The predicted molar refractivity (Wildman–Crippen MR) is 123 cm³/mol. The zero-order valence-electron chi connectivity index (χ0n) is 19.1. The summed E-state index contributed by atoms with van der Waals surface area (Å²) in [6, 6.07) is 16.3. The Labute approximate surface area is 197 Å². The van der Waals surface area contributed by atoms with Crippen molar-refractivity contribution in [3.05, 3.63) is 59.7 Å². The van der Waals surface area contributed by atoms with Crippen molar-refractivity contribution in [2.45, 2.75) is 31.6 Å². The number of alkyl carbamates (subject to hydrolysis) is 1. The number of amides is 2. The van der Waals surface area contributed by atoms with E-state index >= 15 is 0 Å². The van der Waals surface area contributed by atoms with Crippen molar-refractivity contribution in [1.82, 2.24) is 10.4 Å². The molecular formula is C26H28N2O6. The van der Waals surface area contributed by atoms with E-state index in [4.69, 9.17) is 14.7 Å². The van der Waals surface area contributed by atoms with E-state index in [1.165, 1.54) is 7.05 Å². The zero-order valence-corrected chi connectivity index (χ0v) is 19.1. The number of ether oxygens (including phenoxy) is 1. The Morgan fingerprint density at radius 1 is 1.06 bits per heavy atom. The topological polar surface area (TPSA) is 105 Å². The monoisotopic (exact) mass is 464 g/mol. The Hall–Kier alpha value is -3.39. The summed E-state index contributed by atoms with van der Waals surface area (Å²) < 4.78 is 5.62.